The second-order valence-corrected chi connectivity index (χ2v) is 4.51. The van der Waals surface area contributed by atoms with Crippen molar-refractivity contribution in [1.82, 2.24) is 0 Å². The van der Waals surface area contributed by atoms with Gasteiger partial charge in [0.2, 0.25) is 0 Å². The third kappa shape index (κ3) is 2.69. The molecule has 17 heavy (non-hydrogen) atoms. The number of hydrogen-bond acceptors (Lipinski definition) is 5. The van der Waals surface area contributed by atoms with Gasteiger partial charge in [-0.3, -0.25) is 0 Å². The SMILES string of the molecule is C=C(CCC1(CO)OCCO1)C1(C)OCCO1. The molecule has 98 valence electrons. The highest BCUT2D eigenvalue weighted by molar-refractivity contribution is 5.08. The van der Waals surface area contributed by atoms with Crippen LogP contribution < -0.4 is 0 Å². The van der Waals surface area contributed by atoms with E-state index in [1.807, 2.05) is 6.92 Å². The van der Waals surface area contributed by atoms with Gasteiger partial charge in [0.25, 0.3) is 0 Å². The van der Waals surface area contributed by atoms with E-state index < -0.39 is 11.6 Å². The Kier molecular flexibility index (Phi) is 3.85. The monoisotopic (exact) mass is 244 g/mol. The second kappa shape index (κ2) is 5.04. The molecule has 0 atom stereocenters. The molecule has 0 aromatic carbocycles. The fraction of sp³-hybridized carbons (Fsp3) is 0.833. The van der Waals surface area contributed by atoms with E-state index in [0.717, 1.165) is 5.57 Å². The molecule has 2 rings (SSSR count). The Labute approximate surface area is 101 Å². The van der Waals surface area contributed by atoms with E-state index >= 15 is 0 Å². The first-order valence-electron chi connectivity index (χ1n) is 5.95. The fourth-order valence-corrected chi connectivity index (χ4v) is 2.10. The summed E-state index contributed by atoms with van der Waals surface area (Å²) >= 11 is 0. The molecule has 0 aromatic heterocycles. The summed E-state index contributed by atoms with van der Waals surface area (Å²) in [5.74, 6) is -1.56. The van der Waals surface area contributed by atoms with Crippen LogP contribution in [0.25, 0.3) is 0 Å². The van der Waals surface area contributed by atoms with Gasteiger partial charge in [0, 0.05) is 6.42 Å². The van der Waals surface area contributed by atoms with Gasteiger partial charge in [-0.05, 0) is 18.9 Å². The lowest BCUT2D eigenvalue weighted by molar-refractivity contribution is -0.188. The third-order valence-electron chi connectivity index (χ3n) is 3.34. The number of ether oxygens (including phenoxy) is 4. The summed E-state index contributed by atoms with van der Waals surface area (Å²) in [5.41, 5.74) is 0.849. The largest absolute Gasteiger partial charge is 0.391 e. The molecule has 2 saturated heterocycles. The topological polar surface area (TPSA) is 57.2 Å². The standard InChI is InChI=1S/C12H20O5/c1-10(11(2)14-5-6-15-11)3-4-12(9-13)16-7-8-17-12/h13H,1,3-9H2,2H3. The first kappa shape index (κ1) is 13.0. The maximum atomic E-state index is 9.32. The van der Waals surface area contributed by atoms with E-state index in [4.69, 9.17) is 18.9 Å². The normalized spacial score (nSPS) is 26.2. The van der Waals surface area contributed by atoms with Gasteiger partial charge >= 0.3 is 0 Å². The molecule has 0 aromatic rings. The molecular formula is C12H20O5. The molecule has 0 aliphatic carbocycles. The smallest absolute Gasteiger partial charge is 0.191 e. The van der Waals surface area contributed by atoms with Gasteiger partial charge in [-0.15, -0.1) is 0 Å². The predicted molar refractivity (Wildman–Crippen MR) is 60.4 cm³/mol. The first-order valence-corrected chi connectivity index (χ1v) is 5.95. The van der Waals surface area contributed by atoms with E-state index in [-0.39, 0.29) is 6.61 Å². The fourth-order valence-electron chi connectivity index (χ4n) is 2.10. The van der Waals surface area contributed by atoms with Gasteiger partial charge in [0.1, 0.15) is 0 Å². The van der Waals surface area contributed by atoms with Crippen LogP contribution in [-0.4, -0.2) is 49.7 Å². The minimum Gasteiger partial charge on any atom is -0.391 e. The van der Waals surface area contributed by atoms with Gasteiger partial charge in [-0.25, -0.2) is 0 Å². The van der Waals surface area contributed by atoms with Crippen molar-refractivity contribution in [3.05, 3.63) is 12.2 Å². The summed E-state index contributed by atoms with van der Waals surface area (Å²) < 4.78 is 21.9. The van der Waals surface area contributed by atoms with E-state index in [2.05, 4.69) is 6.58 Å². The molecule has 0 spiro atoms. The van der Waals surface area contributed by atoms with Crippen molar-refractivity contribution in [2.24, 2.45) is 0 Å². The number of rotatable bonds is 5. The Morgan fingerprint density at radius 3 is 2.18 bits per heavy atom. The van der Waals surface area contributed by atoms with Crippen LogP contribution in [0.5, 0.6) is 0 Å². The molecule has 2 aliphatic heterocycles. The highest BCUT2D eigenvalue weighted by Crippen LogP contribution is 2.33. The lowest BCUT2D eigenvalue weighted by Gasteiger charge is -2.29. The summed E-state index contributed by atoms with van der Waals surface area (Å²) in [5, 5.41) is 9.32. The van der Waals surface area contributed by atoms with Crippen molar-refractivity contribution < 1.29 is 24.1 Å². The zero-order valence-corrected chi connectivity index (χ0v) is 10.2. The van der Waals surface area contributed by atoms with Crippen LogP contribution >= 0.6 is 0 Å². The molecule has 0 unspecified atom stereocenters. The van der Waals surface area contributed by atoms with Crippen LogP contribution in [0.2, 0.25) is 0 Å². The molecular weight excluding hydrogens is 224 g/mol. The lowest BCUT2D eigenvalue weighted by Crippen LogP contribution is -2.36. The van der Waals surface area contributed by atoms with Crippen LogP contribution in [0.4, 0.5) is 0 Å². The van der Waals surface area contributed by atoms with Gasteiger partial charge in [0.15, 0.2) is 11.6 Å². The second-order valence-electron chi connectivity index (χ2n) is 4.51. The highest BCUT2D eigenvalue weighted by Gasteiger charge is 2.39. The summed E-state index contributed by atoms with van der Waals surface area (Å²) in [4.78, 5) is 0. The van der Waals surface area contributed by atoms with Crippen molar-refractivity contribution in [1.29, 1.82) is 0 Å². The van der Waals surface area contributed by atoms with Crippen LogP contribution in [0.3, 0.4) is 0 Å². The molecule has 5 heteroatoms. The Hall–Kier alpha value is -0.460. The quantitative estimate of drug-likeness (QED) is 0.726. The van der Waals surface area contributed by atoms with Crippen molar-refractivity contribution in [2.75, 3.05) is 33.0 Å². The molecule has 2 heterocycles. The first-order chi connectivity index (χ1) is 8.10. The molecule has 0 bridgehead atoms. The lowest BCUT2D eigenvalue weighted by atomic mass is 10.0. The molecule has 2 fully saturated rings. The summed E-state index contributed by atoms with van der Waals surface area (Å²) in [6, 6.07) is 0. The Bertz CT molecular complexity index is 277. The van der Waals surface area contributed by atoms with E-state index in [0.29, 0.717) is 39.3 Å². The van der Waals surface area contributed by atoms with E-state index in [1.165, 1.54) is 0 Å². The van der Waals surface area contributed by atoms with Crippen molar-refractivity contribution >= 4 is 0 Å². The summed E-state index contributed by atoms with van der Waals surface area (Å²) in [6.45, 7) is 7.95. The molecule has 5 nitrogen and oxygen atoms in total. The van der Waals surface area contributed by atoms with Crippen LogP contribution in [-0.2, 0) is 18.9 Å². The van der Waals surface area contributed by atoms with E-state index in [9.17, 15) is 5.11 Å². The Morgan fingerprint density at radius 1 is 1.12 bits per heavy atom. The average Bonchev–Trinajstić information content (AvgIpc) is 2.96. The Balaban J connectivity index is 1.87. The molecule has 0 saturated carbocycles. The number of aliphatic hydroxyl groups excluding tert-OH is 1. The average molecular weight is 244 g/mol. The number of hydrogen-bond donors (Lipinski definition) is 1. The summed E-state index contributed by atoms with van der Waals surface area (Å²) in [6.07, 6.45) is 1.20. The van der Waals surface area contributed by atoms with Crippen LogP contribution in [0.15, 0.2) is 12.2 Å². The molecule has 0 amide bonds. The van der Waals surface area contributed by atoms with Gasteiger partial charge in [-0.1, -0.05) is 6.58 Å². The molecule has 0 radical (unpaired) electrons. The van der Waals surface area contributed by atoms with Crippen LogP contribution in [0, 0.1) is 0 Å². The molecule has 1 N–H and O–H groups in total. The van der Waals surface area contributed by atoms with Crippen LogP contribution in [0.1, 0.15) is 19.8 Å². The van der Waals surface area contributed by atoms with E-state index in [1.54, 1.807) is 0 Å². The zero-order valence-electron chi connectivity index (χ0n) is 10.2. The maximum Gasteiger partial charge on any atom is 0.191 e. The predicted octanol–water partition coefficient (Wildman–Crippen LogP) is 0.821. The van der Waals surface area contributed by atoms with Gasteiger partial charge < -0.3 is 24.1 Å². The van der Waals surface area contributed by atoms with Gasteiger partial charge in [0.05, 0.1) is 33.0 Å². The summed E-state index contributed by atoms with van der Waals surface area (Å²) in [7, 11) is 0. The maximum absolute atomic E-state index is 9.32. The van der Waals surface area contributed by atoms with Crippen molar-refractivity contribution in [2.45, 2.75) is 31.3 Å². The number of aliphatic hydroxyl groups is 1. The molecule has 2 aliphatic rings. The third-order valence-corrected chi connectivity index (χ3v) is 3.34. The zero-order chi connectivity index (χ0) is 12.4. The Morgan fingerprint density at radius 2 is 1.65 bits per heavy atom. The van der Waals surface area contributed by atoms with Gasteiger partial charge in [-0.2, -0.15) is 0 Å². The van der Waals surface area contributed by atoms with Crippen molar-refractivity contribution in [3.8, 4) is 0 Å². The van der Waals surface area contributed by atoms with Crippen molar-refractivity contribution in [3.63, 3.8) is 0 Å². The minimum absolute atomic E-state index is 0.140. The highest BCUT2D eigenvalue weighted by atomic mass is 16.7. The minimum atomic E-state index is -0.863.